The Morgan fingerprint density at radius 1 is 1.00 bits per heavy atom. The molecule has 0 bridgehead atoms. The number of halogens is 1. The first-order valence-electron chi connectivity index (χ1n) is 12.0. The summed E-state index contributed by atoms with van der Waals surface area (Å²) in [5.41, 5.74) is 3.58. The Bertz CT molecular complexity index is 1360. The van der Waals surface area contributed by atoms with E-state index in [0.717, 1.165) is 16.6 Å². The number of hydrogen-bond acceptors (Lipinski definition) is 7. The van der Waals surface area contributed by atoms with Gasteiger partial charge < -0.3 is 10.1 Å². The topological polar surface area (TPSA) is 89.9 Å². The standard InChI is InChI=1S/C28H30ClN5O2/c1-17(2)15-36-16-25-33-27(31-20-9-7-19(8-10-20)14-24(35)18(3)4)21-11-12-23(32-28(21)34-25)26-22(29)6-5-13-30-26/h5-13,17-18H,14-16H2,1-4H3,(H,31,32,33,34). The van der Waals surface area contributed by atoms with E-state index in [-0.39, 0.29) is 18.3 Å². The lowest BCUT2D eigenvalue weighted by Gasteiger charge is -2.13. The van der Waals surface area contributed by atoms with E-state index in [1.807, 2.05) is 50.2 Å². The van der Waals surface area contributed by atoms with Gasteiger partial charge in [-0.1, -0.05) is 51.4 Å². The molecule has 36 heavy (non-hydrogen) atoms. The lowest BCUT2D eigenvalue weighted by molar-refractivity contribution is -0.121. The monoisotopic (exact) mass is 503 g/mol. The molecule has 3 aromatic heterocycles. The van der Waals surface area contributed by atoms with Gasteiger partial charge in [0, 0.05) is 30.8 Å². The first kappa shape index (κ1) is 25.7. The molecule has 1 N–H and O–H groups in total. The molecule has 0 spiro atoms. The minimum atomic E-state index is 0.0184. The summed E-state index contributed by atoms with van der Waals surface area (Å²) >= 11 is 6.35. The zero-order valence-electron chi connectivity index (χ0n) is 21.0. The molecule has 4 rings (SSSR count). The summed E-state index contributed by atoms with van der Waals surface area (Å²) in [4.78, 5) is 30.6. The zero-order valence-corrected chi connectivity index (χ0v) is 21.7. The highest BCUT2D eigenvalue weighted by Gasteiger charge is 2.14. The van der Waals surface area contributed by atoms with Crippen LogP contribution in [0.3, 0.4) is 0 Å². The van der Waals surface area contributed by atoms with Crippen molar-refractivity contribution in [3.63, 3.8) is 0 Å². The van der Waals surface area contributed by atoms with E-state index in [1.54, 1.807) is 18.3 Å². The molecule has 0 saturated carbocycles. The van der Waals surface area contributed by atoms with Crippen molar-refractivity contribution in [1.82, 2.24) is 19.9 Å². The molecule has 4 aromatic rings. The Labute approximate surface area is 216 Å². The van der Waals surface area contributed by atoms with Gasteiger partial charge in [-0.25, -0.2) is 15.0 Å². The summed E-state index contributed by atoms with van der Waals surface area (Å²) in [7, 11) is 0. The van der Waals surface area contributed by atoms with Crippen LogP contribution in [0, 0.1) is 11.8 Å². The van der Waals surface area contributed by atoms with Gasteiger partial charge >= 0.3 is 0 Å². The third kappa shape index (κ3) is 6.42. The summed E-state index contributed by atoms with van der Waals surface area (Å²) in [6.45, 7) is 8.91. The number of carbonyl (C=O) groups excluding carboxylic acids is 1. The molecule has 8 heteroatoms. The van der Waals surface area contributed by atoms with Gasteiger partial charge in [-0.15, -0.1) is 0 Å². The van der Waals surface area contributed by atoms with E-state index in [4.69, 9.17) is 26.3 Å². The van der Waals surface area contributed by atoms with Gasteiger partial charge in [-0.05, 0) is 47.9 Å². The number of ether oxygens (including phenoxy) is 1. The van der Waals surface area contributed by atoms with Gasteiger partial charge in [0.1, 0.15) is 23.9 Å². The molecule has 1 aromatic carbocycles. The fourth-order valence-electron chi connectivity index (χ4n) is 3.55. The molecule has 0 fully saturated rings. The van der Waals surface area contributed by atoms with Gasteiger partial charge in [-0.3, -0.25) is 9.78 Å². The van der Waals surface area contributed by atoms with E-state index in [9.17, 15) is 4.79 Å². The summed E-state index contributed by atoms with van der Waals surface area (Å²) in [6, 6.07) is 15.1. The van der Waals surface area contributed by atoms with Crippen LogP contribution in [0.1, 0.15) is 39.1 Å². The fraction of sp³-hybridized carbons (Fsp3) is 0.321. The van der Waals surface area contributed by atoms with Gasteiger partial charge in [-0.2, -0.15) is 0 Å². The molecule has 0 radical (unpaired) electrons. The van der Waals surface area contributed by atoms with Crippen molar-refractivity contribution < 1.29 is 9.53 Å². The molecular formula is C28H30ClN5O2. The summed E-state index contributed by atoms with van der Waals surface area (Å²) in [5, 5.41) is 4.67. The number of fused-ring (bicyclic) bond motifs is 1. The van der Waals surface area contributed by atoms with E-state index >= 15 is 0 Å². The fourth-order valence-corrected chi connectivity index (χ4v) is 3.77. The minimum absolute atomic E-state index is 0.0184. The zero-order chi connectivity index (χ0) is 25.7. The lowest BCUT2D eigenvalue weighted by Crippen LogP contribution is -2.10. The van der Waals surface area contributed by atoms with Gasteiger partial charge in [0.05, 0.1) is 16.1 Å². The number of ketones is 1. The number of rotatable bonds is 10. The van der Waals surface area contributed by atoms with Gasteiger partial charge in [0.25, 0.3) is 0 Å². The summed E-state index contributed by atoms with van der Waals surface area (Å²) in [5.74, 6) is 1.80. The van der Waals surface area contributed by atoms with Crippen molar-refractivity contribution in [2.45, 2.75) is 40.7 Å². The van der Waals surface area contributed by atoms with Crippen molar-refractivity contribution in [1.29, 1.82) is 0 Å². The molecule has 0 aliphatic rings. The normalized spacial score (nSPS) is 11.4. The highest BCUT2D eigenvalue weighted by molar-refractivity contribution is 6.32. The van der Waals surface area contributed by atoms with Crippen LogP contribution in [-0.2, 0) is 22.6 Å². The summed E-state index contributed by atoms with van der Waals surface area (Å²) < 4.78 is 5.80. The molecule has 0 aliphatic carbocycles. The van der Waals surface area contributed by atoms with Crippen LogP contribution < -0.4 is 5.32 Å². The number of Topliss-reactive ketones (excluding diaryl/α,β-unsaturated/α-hetero) is 1. The van der Waals surface area contributed by atoms with Gasteiger partial charge in [0.15, 0.2) is 11.5 Å². The van der Waals surface area contributed by atoms with E-state index < -0.39 is 0 Å². The Balaban J connectivity index is 1.67. The second-order valence-corrected chi connectivity index (χ2v) is 9.83. The quantitative estimate of drug-likeness (QED) is 0.267. The number of aromatic nitrogens is 4. The molecule has 3 heterocycles. The van der Waals surface area contributed by atoms with Crippen LogP contribution in [0.5, 0.6) is 0 Å². The third-order valence-corrected chi connectivity index (χ3v) is 5.83. The molecular weight excluding hydrogens is 474 g/mol. The largest absolute Gasteiger partial charge is 0.373 e. The maximum Gasteiger partial charge on any atom is 0.165 e. The number of pyridine rings is 2. The molecule has 0 atom stereocenters. The Hall–Kier alpha value is -3.42. The predicted octanol–water partition coefficient (Wildman–Crippen LogP) is 6.42. The van der Waals surface area contributed by atoms with Crippen LogP contribution in [0.25, 0.3) is 22.4 Å². The second-order valence-electron chi connectivity index (χ2n) is 9.42. The molecule has 7 nitrogen and oxygen atoms in total. The molecule has 0 aliphatic heterocycles. The second kappa shape index (κ2) is 11.5. The number of nitrogens with one attached hydrogen (secondary N) is 1. The SMILES string of the molecule is CC(C)COCc1nc(Nc2ccc(CC(=O)C(C)C)cc2)c2ccc(-c3ncccc3Cl)nc2n1. The highest BCUT2D eigenvalue weighted by Crippen LogP contribution is 2.29. The number of nitrogens with zero attached hydrogens (tertiary/aromatic N) is 4. The minimum Gasteiger partial charge on any atom is -0.373 e. The van der Waals surface area contributed by atoms with Crippen LogP contribution >= 0.6 is 11.6 Å². The molecule has 0 unspecified atom stereocenters. The molecule has 186 valence electrons. The average molecular weight is 504 g/mol. The number of benzene rings is 1. The maximum atomic E-state index is 12.1. The lowest BCUT2D eigenvalue weighted by atomic mass is 10.0. The summed E-state index contributed by atoms with van der Waals surface area (Å²) in [6.07, 6.45) is 2.11. The van der Waals surface area contributed by atoms with E-state index in [1.165, 1.54) is 0 Å². The van der Waals surface area contributed by atoms with Crippen LogP contribution in [0.2, 0.25) is 5.02 Å². The molecule has 0 saturated heterocycles. The van der Waals surface area contributed by atoms with Crippen molar-refractivity contribution in [3.8, 4) is 11.4 Å². The van der Waals surface area contributed by atoms with E-state index in [2.05, 4.69) is 29.1 Å². The van der Waals surface area contributed by atoms with Crippen molar-refractivity contribution >= 4 is 39.9 Å². The predicted molar refractivity (Wildman–Crippen MR) is 143 cm³/mol. The Morgan fingerprint density at radius 2 is 1.78 bits per heavy atom. The van der Waals surface area contributed by atoms with Crippen molar-refractivity contribution in [2.24, 2.45) is 11.8 Å². The number of anilines is 2. The van der Waals surface area contributed by atoms with Crippen LogP contribution in [0.4, 0.5) is 11.5 Å². The van der Waals surface area contributed by atoms with Crippen molar-refractivity contribution in [3.05, 3.63) is 71.1 Å². The third-order valence-electron chi connectivity index (χ3n) is 5.53. The first-order valence-corrected chi connectivity index (χ1v) is 12.4. The highest BCUT2D eigenvalue weighted by atomic mass is 35.5. The van der Waals surface area contributed by atoms with Crippen LogP contribution in [0.15, 0.2) is 54.7 Å². The molecule has 0 amide bonds. The van der Waals surface area contributed by atoms with Crippen molar-refractivity contribution in [2.75, 3.05) is 11.9 Å². The first-order chi connectivity index (χ1) is 17.3. The van der Waals surface area contributed by atoms with Gasteiger partial charge in [0.2, 0.25) is 0 Å². The Morgan fingerprint density at radius 3 is 2.47 bits per heavy atom. The maximum absolute atomic E-state index is 12.1. The average Bonchev–Trinajstić information content (AvgIpc) is 2.85. The van der Waals surface area contributed by atoms with E-state index in [0.29, 0.717) is 52.6 Å². The Kier molecular flexibility index (Phi) is 8.23. The smallest absolute Gasteiger partial charge is 0.165 e. The number of carbonyl (C=O) groups is 1. The van der Waals surface area contributed by atoms with Crippen LogP contribution in [-0.4, -0.2) is 32.3 Å². The number of hydrogen-bond donors (Lipinski definition) is 1.